The molecule has 0 bridgehead atoms. The Hall–Kier alpha value is -2.63. The van der Waals surface area contributed by atoms with Crippen LogP contribution in [0.3, 0.4) is 0 Å². The van der Waals surface area contributed by atoms with Gasteiger partial charge in [-0.2, -0.15) is 18.4 Å². The summed E-state index contributed by atoms with van der Waals surface area (Å²) in [5, 5.41) is 11.6. The lowest BCUT2D eigenvalue weighted by Gasteiger charge is -2.31. The number of fused-ring (bicyclic) bond motifs is 1. The van der Waals surface area contributed by atoms with Crippen LogP contribution in [-0.2, 0) is 10.3 Å². The third kappa shape index (κ3) is 3.56. The van der Waals surface area contributed by atoms with E-state index in [1.54, 1.807) is 4.57 Å². The van der Waals surface area contributed by atoms with Crippen molar-refractivity contribution in [3.63, 3.8) is 0 Å². The number of hydrogen-bond donors (Lipinski definition) is 1. The number of imidazole rings is 1. The van der Waals surface area contributed by atoms with Crippen LogP contribution in [0.25, 0.3) is 11.0 Å². The molecule has 1 aromatic heterocycles. The molecule has 3 rings (SSSR count). The maximum Gasteiger partial charge on any atom is 0.395 e. The molecular weight excluding hydrogens is 388 g/mol. The molecule has 156 valence electrons. The van der Waals surface area contributed by atoms with Gasteiger partial charge in [0, 0.05) is 12.0 Å². The molecule has 1 amide bonds. The number of nitriles is 1. The molecule has 0 saturated heterocycles. The molecule has 5 nitrogen and oxygen atoms in total. The maximum absolute atomic E-state index is 14.5. The topological polar surface area (TPSA) is 70.7 Å². The number of aromatic nitrogens is 2. The number of alkyl halides is 3. The minimum absolute atomic E-state index is 0.0110. The summed E-state index contributed by atoms with van der Waals surface area (Å²) in [5.41, 5.74) is -2.19. The van der Waals surface area contributed by atoms with Gasteiger partial charge in [-0.1, -0.05) is 13.8 Å². The molecule has 0 atom stereocenters. The number of carbonyl (C=O) groups is 1. The lowest BCUT2D eigenvalue weighted by atomic mass is 9.94. The molecule has 0 radical (unpaired) electrons. The first-order valence-corrected chi connectivity index (χ1v) is 9.49. The smallest absolute Gasteiger partial charge is 0.304 e. The van der Waals surface area contributed by atoms with Crippen LogP contribution in [-0.4, -0.2) is 21.6 Å². The van der Waals surface area contributed by atoms with E-state index in [1.807, 2.05) is 26.8 Å². The van der Waals surface area contributed by atoms with Gasteiger partial charge in [0.2, 0.25) is 11.9 Å². The second kappa shape index (κ2) is 7.01. The Morgan fingerprint density at radius 3 is 2.41 bits per heavy atom. The Kier molecular flexibility index (Phi) is 5.10. The van der Waals surface area contributed by atoms with Crippen LogP contribution in [0.4, 0.5) is 23.5 Å². The third-order valence-electron chi connectivity index (χ3n) is 6.11. The minimum Gasteiger partial charge on any atom is -0.304 e. The number of rotatable bonds is 6. The van der Waals surface area contributed by atoms with E-state index in [9.17, 15) is 22.4 Å². The Balaban J connectivity index is 2.06. The molecule has 29 heavy (non-hydrogen) atoms. The number of anilines is 1. The molecule has 1 N–H and O–H groups in total. The summed E-state index contributed by atoms with van der Waals surface area (Å²) in [6, 6.07) is 4.41. The van der Waals surface area contributed by atoms with E-state index in [-0.39, 0.29) is 29.9 Å². The highest BCUT2D eigenvalue weighted by Crippen LogP contribution is 2.60. The zero-order valence-corrected chi connectivity index (χ0v) is 16.5. The fourth-order valence-electron chi connectivity index (χ4n) is 3.58. The van der Waals surface area contributed by atoms with E-state index in [1.165, 1.54) is 6.07 Å². The van der Waals surface area contributed by atoms with E-state index in [0.29, 0.717) is 18.4 Å². The molecule has 1 saturated carbocycles. The van der Waals surface area contributed by atoms with Crippen molar-refractivity contribution in [3.8, 4) is 6.07 Å². The van der Waals surface area contributed by atoms with Crippen LogP contribution in [0.5, 0.6) is 0 Å². The molecule has 1 heterocycles. The minimum atomic E-state index is -4.44. The molecule has 1 fully saturated rings. The number of carbonyl (C=O) groups excluding carboxylic acids is 1. The predicted octanol–water partition coefficient (Wildman–Crippen LogP) is 5.25. The molecular formula is C20H22F4N4O. The number of nitrogens with one attached hydrogen (secondary N) is 1. The number of nitrogens with zero attached hydrogens (tertiary/aromatic N) is 3. The van der Waals surface area contributed by atoms with Gasteiger partial charge in [-0.05, 0) is 44.7 Å². The highest BCUT2D eigenvalue weighted by molar-refractivity contribution is 5.92. The molecule has 1 aromatic carbocycles. The van der Waals surface area contributed by atoms with Crippen LogP contribution in [0.1, 0.15) is 58.4 Å². The van der Waals surface area contributed by atoms with Gasteiger partial charge in [0.15, 0.2) is 5.82 Å². The Labute approximate surface area is 165 Å². The van der Waals surface area contributed by atoms with Crippen LogP contribution in [0.2, 0.25) is 0 Å². The van der Waals surface area contributed by atoms with Gasteiger partial charge < -0.3 is 4.57 Å². The van der Waals surface area contributed by atoms with E-state index in [4.69, 9.17) is 5.26 Å². The second-order valence-electron chi connectivity index (χ2n) is 7.92. The van der Waals surface area contributed by atoms with Gasteiger partial charge >= 0.3 is 6.18 Å². The SMILES string of the molecule is CCC(C)(CC)n1c(NC(=O)CC2(C(F)(F)F)CC2)nc2c(F)cc(C#N)cc21. The number of amides is 1. The van der Waals surface area contributed by atoms with Crippen molar-refractivity contribution in [2.45, 2.75) is 64.6 Å². The first-order chi connectivity index (χ1) is 13.5. The van der Waals surface area contributed by atoms with E-state index in [2.05, 4.69) is 10.3 Å². The summed E-state index contributed by atoms with van der Waals surface area (Å²) < 4.78 is 55.7. The van der Waals surface area contributed by atoms with E-state index >= 15 is 0 Å². The van der Waals surface area contributed by atoms with Gasteiger partial charge in [0.05, 0.1) is 22.6 Å². The van der Waals surface area contributed by atoms with E-state index in [0.717, 1.165) is 6.07 Å². The summed E-state index contributed by atoms with van der Waals surface area (Å²) in [6.07, 6.45) is -4.10. The summed E-state index contributed by atoms with van der Waals surface area (Å²) in [5.74, 6) is -1.55. The van der Waals surface area contributed by atoms with Crippen LogP contribution < -0.4 is 5.32 Å². The van der Waals surface area contributed by atoms with Crippen LogP contribution in [0.15, 0.2) is 12.1 Å². The molecule has 2 aromatic rings. The van der Waals surface area contributed by atoms with Gasteiger partial charge in [-0.15, -0.1) is 0 Å². The zero-order valence-electron chi connectivity index (χ0n) is 16.5. The quantitative estimate of drug-likeness (QED) is 0.661. The number of benzene rings is 1. The molecule has 1 aliphatic rings. The standard InChI is InChI=1S/C20H22F4N4O/c1-4-18(3,5-2)28-14-9-12(11-25)8-13(21)16(14)27-17(28)26-15(29)10-19(6-7-19)20(22,23)24/h8-9H,4-7,10H2,1-3H3,(H,26,27,29). The van der Waals surface area contributed by atoms with Crippen LogP contribution in [0, 0.1) is 22.6 Å². The molecule has 0 spiro atoms. The summed E-state index contributed by atoms with van der Waals surface area (Å²) in [7, 11) is 0. The third-order valence-corrected chi connectivity index (χ3v) is 6.11. The summed E-state index contributed by atoms with van der Waals surface area (Å²) in [6.45, 7) is 5.71. The van der Waals surface area contributed by atoms with Gasteiger partial charge in [-0.25, -0.2) is 9.37 Å². The average Bonchev–Trinajstić information content (AvgIpc) is 3.35. The Bertz CT molecular complexity index is 995. The molecule has 0 unspecified atom stereocenters. The first-order valence-electron chi connectivity index (χ1n) is 9.49. The Morgan fingerprint density at radius 1 is 1.31 bits per heavy atom. The monoisotopic (exact) mass is 410 g/mol. The van der Waals surface area contributed by atoms with Crippen LogP contribution >= 0.6 is 0 Å². The van der Waals surface area contributed by atoms with Crippen molar-refractivity contribution in [1.82, 2.24) is 9.55 Å². The van der Waals surface area contributed by atoms with Crippen molar-refractivity contribution >= 4 is 22.9 Å². The molecule has 9 heteroatoms. The summed E-state index contributed by atoms with van der Waals surface area (Å²) >= 11 is 0. The van der Waals surface area contributed by atoms with Crippen molar-refractivity contribution in [1.29, 1.82) is 5.26 Å². The van der Waals surface area contributed by atoms with Crippen molar-refractivity contribution < 1.29 is 22.4 Å². The fourth-order valence-corrected chi connectivity index (χ4v) is 3.58. The molecule has 0 aliphatic heterocycles. The van der Waals surface area contributed by atoms with E-state index < -0.39 is 35.3 Å². The van der Waals surface area contributed by atoms with Crippen molar-refractivity contribution in [2.75, 3.05) is 5.32 Å². The van der Waals surface area contributed by atoms with Gasteiger partial charge in [0.25, 0.3) is 0 Å². The second-order valence-corrected chi connectivity index (χ2v) is 7.92. The normalized spacial score (nSPS) is 15.9. The lowest BCUT2D eigenvalue weighted by molar-refractivity contribution is -0.189. The highest BCUT2D eigenvalue weighted by atomic mass is 19.4. The van der Waals surface area contributed by atoms with Gasteiger partial charge in [-0.3, -0.25) is 10.1 Å². The number of halogens is 4. The average molecular weight is 410 g/mol. The maximum atomic E-state index is 14.5. The zero-order chi connectivity index (χ0) is 21.6. The van der Waals surface area contributed by atoms with Gasteiger partial charge in [0.1, 0.15) is 5.52 Å². The largest absolute Gasteiger partial charge is 0.395 e. The summed E-state index contributed by atoms with van der Waals surface area (Å²) in [4.78, 5) is 16.6. The Morgan fingerprint density at radius 2 is 1.93 bits per heavy atom. The fraction of sp³-hybridized carbons (Fsp3) is 0.550. The first kappa shape index (κ1) is 21.1. The van der Waals surface area contributed by atoms with Crippen molar-refractivity contribution in [2.24, 2.45) is 5.41 Å². The highest BCUT2D eigenvalue weighted by Gasteiger charge is 2.63. The predicted molar refractivity (Wildman–Crippen MR) is 99.6 cm³/mol. The van der Waals surface area contributed by atoms with Crippen molar-refractivity contribution in [3.05, 3.63) is 23.5 Å². The number of hydrogen-bond acceptors (Lipinski definition) is 3. The lowest BCUT2D eigenvalue weighted by Crippen LogP contribution is -2.33. The molecule has 1 aliphatic carbocycles.